The van der Waals surface area contributed by atoms with Crippen LogP contribution >= 0.6 is 0 Å². The number of hydrogen-bond acceptors (Lipinski definition) is 2. The molecule has 5 nitrogen and oxygen atoms in total. The van der Waals surface area contributed by atoms with E-state index in [1.807, 2.05) is 0 Å². The van der Waals surface area contributed by atoms with Crippen molar-refractivity contribution in [2.75, 3.05) is 13.1 Å². The van der Waals surface area contributed by atoms with Crippen LogP contribution in [0.3, 0.4) is 0 Å². The molecular formula is C16H15F3N2O3. The lowest BCUT2D eigenvalue weighted by Crippen LogP contribution is -2.39. The minimum Gasteiger partial charge on any atom is -0.481 e. The van der Waals surface area contributed by atoms with E-state index >= 15 is 0 Å². The van der Waals surface area contributed by atoms with Crippen LogP contribution in [0.15, 0.2) is 24.3 Å². The van der Waals surface area contributed by atoms with E-state index in [0.29, 0.717) is 11.1 Å². The Balaban J connectivity index is 2.00. The number of carboxylic acids is 1. The van der Waals surface area contributed by atoms with E-state index in [1.54, 1.807) is 24.3 Å². The molecule has 1 aliphatic heterocycles. The zero-order valence-corrected chi connectivity index (χ0v) is 12.5. The van der Waals surface area contributed by atoms with Crippen molar-refractivity contribution in [1.82, 2.24) is 10.2 Å². The van der Waals surface area contributed by atoms with Gasteiger partial charge in [0.1, 0.15) is 0 Å². The fraction of sp³-hybridized carbons (Fsp3) is 0.375. The zero-order valence-electron chi connectivity index (χ0n) is 12.5. The smallest absolute Gasteiger partial charge is 0.394 e. The maximum absolute atomic E-state index is 12.9. The number of carbonyl (C=O) groups is 2. The molecule has 1 fully saturated rings. The van der Waals surface area contributed by atoms with E-state index in [2.05, 4.69) is 11.2 Å². The van der Waals surface area contributed by atoms with Gasteiger partial charge in [-0.2, -0.15) is 13.2 Å². The molecule has 128 valence electrons. The molecule has 0 aromatic heterocycles. The lowest BCUT2D eigenvalue weighted by molar-refractivity contribution is -0.187. The summed E-state index contributed by atoms with van der Waals surface area (Å²) in [7, 11) is 0. The van der Waals surface area contributed by atoms with Crippen molar-refractivity contribution in [2.24, 2.45) is 11.8 Å². The molecule has 0 saturated carbocycles. The number of terminal acetylenes is 1. The van der Waals surface area contributed by atoms with E-state index in [-0.39, 0.29) is 6.54 Å². The van der Waals surface area contributed by atoms with Crippen molar-refractivity contribution in [3.05, 3.63) is 35.4 Å². The Morgan fingerprint density at radius 1 is 1.38 bits per heavy atom. The van der Waals surface area contributed by atoms with E-state index in [1.165, 1.54) is 0 Å². The molecule has 0 spiro atoms. The predicted octanol–water partition coefficient (Wildman–Crippen LogP) is 2.07. The number of aliphatic carboxylic acids is 1. The van der Waals surface area contributed by atoms with Gasteiger partial charge in [-0.1, -0.05) is 18.1 Å². The highest BCUT2D eigenvalue weighted by molar-refractivity contribution is 5.77. The number of benzene rings is 1. The van der Waals surface area contributed by atoms with Crippen LogP contribution < -0.4 is 5.32 Å². The summed E-state index contributed by atoms with van der Waals surface area (Å²) in [6.07, 6.45) is 0.599. The zero-order chi connectivity index (χ0) is 17.9. The van der Waals surface area contributed by atoms with E-state index in [0.717, 1.165) is 4.90 Å². The van der Waals surface area contributed by atoms with Gasteiger partial charge in [-0.3, -0.25) is 4.79 Å². The molecule has 8 heteroatoms. The lowest BCUT2D eigenvalue weighted by atomic mass is 9.96. The quantitative estimate of drug-likeness (QED) is 0.828. The molecule has 1 aliphatic rings. The van der Waals surface area contributed by atoms with Crippen molar-refractivity contribution in [2.45, 2.75) is 12.7 Å². The van der Waals surface area contributed by atoms with Crippen molar-refractivity contribution in [3.63, 3.8) is 0 Å². The first-order valence-corrected chi connectivity index (χ1v) is 7.10. The third-order valence-electron chi connectivity index (χ3n) is 3.88. The Bertz CT molecular complexity index is 682. The van der Waals surface area contributed by atoms with Gasteiger partial charge in [0.05, 0.1) is 11.8 Å². The molecule has 1 aromatic carbocycles. The number of alkyl halides is 3. The highest BCUT2D eigenvalue weighted by atomic mass is 19.4. The average molecular weight is 340 g/mol. The fourth-order valence-electron chi connectivity index (χ4n) is 2.61. The Hall–Kier alpha value is -2.69. The number of carbonyl (C=O) groups excluding carboxylic acids is 1. The Morgan fingerprint density at radius 2 is 2.08 bits per heavy atom. The first-order valence-electron chi connectivity index (χ1n) is 7.10. The minimum absolute atomic E-state index is 0.0826. The molecule has 2 amide bonds. The second-order valence-electron chi connectivity index (χ2n) is 5.50. The summed E-state index contributed by atoms with van der Waals surface area (Å²) in [5, 5.41) is 11.4. The lowest BCUT2D eigenvalue weighted by Gasteiger charge is -2.18. The molecule has 0 unspecified atom stereocenters. The van der Waals surface area contributed by atoms with Crippen molar-refractivity contribution < 1.29 is 27.9 Å². The van der Waals surface area contributed by atoms with Crippen LogP contribution in [-0.2, 0) is 11.3 Å². The largest absolute Gasteiger partial charge is 0.481 e. The minimum atomic E-state index is -4.67. The molecule has 1 aromatic rings. The molecule has 2 rings (SSSR count). The normalized spacial score (nSPS) is 20.5. The summed E-state index contributed by atoms with van der Waals surface area (Å²) in [6.45, 7) is -1.06. The monoisotopic (exact) mass is 340 g/mol. The summed E-state index contributed by atoms with van der Waals surface area (Å²) >= 11 is 0. The highest BCUT2D eigenvalue weighted by Crippen LogP contribution is 2.37. The number of nitrogens with zero attached hydrogens (tertiary/aromatic N) is 1. The number of rotatable bonds is 3. The topological polar surface area (TPSA) is 69.6 Å². The van der Waals surface area contributed by atoms with Crippen molar-refractivity contribution in [3.8, 4) is 12.3 Å². The third-order valence-corrected chi connectivity index (χ3v) is 3.88. The van der Waals surface area contributed by atoms with Crippen LogP contribution in [0.4, 0.5) is 18.0 Å². The molecule has 2 N–H and O–H groups in total. The van der Waals surface area contributed by atoms with Gasteiger partial charge >= 0.3 is 18.2 Å². The summed E-state index contributed by atoms with van der Waals surface area (Å²) in [4.78, 5) is 23.9. The first kappa shape index (κ1) is 17.7. The molecule has 0 aliphatic carbocycles. The number of halogens is 3. The van der Waals surface area contributed by atoms with Crippen LogP contribution in [0.25, 0.3) is 0 Å². The van der Waals surface area contributed by atoms with E-state index in [9.17, 15) is 22.8 Å². The molecule has 24 heavy (non-hydrogen) atoms. The number of urea groups is 1. The van der Waals surface area contributed by atoms with Crippen LogP contribution in [-0.4, -0.2) is 41.3 Å². The first-order chi connectivity index (χ1) is 11.2. The van der Waals surface area contributed by atoms with E-state index in [4.69, 9.17) is 11.5 Å². The van der Waals surface area contributed by atoms with Gasteiger partial charge in [-0.15, -0.1) is 6.42 Å². The van der Waals surface area contributed by atoms with Crippen LogP contribution in [0.5, 0.6) is 0 Å². The average Bonchev–Trinajstić information content (AvgIpc) is 2.98. The Labute approximate surface area is 136 Å². The summed E-state index contributed by atoms with van der Waals surface area (Å²) in [6, 6.07) is 6.05. The summed E-state index contributed by atoms with van der Waals surface area (Å²) < 4.78 is 38.7. The van der Waals surface area contributed by atoms with Gasteiger partial charge < -0.3 is 15.3 Å². The Morgan fingerprint density at radius 3 is 2.62 bits per heavy atom. The third kappa shape index (κ3) is 3.98. The molecule has 0 radical (unpaired) electrons. The summed E-state index contributed by atoms with van der Waals surface area (Å²) in [5.41, 5.74) is 1.31. The number of nitrogens with one attached hydrogen (secondary N) is 1. The van der Waals surface area contributed by atoms with Crippen LogP contribution in [0, 0.1) is 24.2 Å². The van der Waals surface area contributed by atoms with Gasteiger partial charge in [0.15, 0.2) is 0 Å². The Kier molecular flexibility index (Phi) is 5.02. The second-order valence-corrected chi connectivity index (χ2v) is 5.50. The number of carboxylic acid groups (broad SMARTS) is 1. The van der Waals surface area contributed by atoms with Crippen molar-refractivity contribution >= 4 is 12.0 Å². The maximum Gasteiger partial charge on any atom is 0.394 e. The standard InChI is InChI=1S/C16H15F3N2O3/c1-2-10-4-3-5-11(6-10)7-20-15(24)21-8-12(14(22)23)13(9-21)16(17,18)19/h1,3-6,12-13H,7-9H2,(H,20,24)(H,22,23)/t12-,13-/m1/s1. The maximum atomic E-state index is 12.9. The van der Waals surface area contributed by atoms with E-state index < -0.39 is 43.1 Å². The predicted molar refractivity (Wildman–Crippen MR) is 78.9 cm³/mol. The molecule has 1 saturated heterocycles. The molecule has 1 heterocycles. The number of amides is 2. The van der Waals surface area contributed by atoms with Gasteiger partial charge in [-0.25, -0.2) is 4.79 Å². The number of likely N-dealkylation sites (tertiary alicyclic amines) is 1. The molecule has 0 bridgehead atoms. The van der Waals surface area contributed by atoms with Crippen LogP contribution in [0.2, 0.25) is 0 Å². The fourth-order valence-corrected chi connectivity index (χ4v) is 2.61. The van der Waals surface area contributed by atoms with Gasteiger partial charge in [0.2, 0.25) is 0 Å². The van der Waals surface area contributed by atoms with Gasteiger partial charge in [0, 0.05) is 25.2 Å². The van der Waals surface area contributed by atoms with Gasteiger partial charge in [0.25, 0.3) is 0 Å². The molecule has 2 atom stereocenters. The van der Waals surface area contributed by atoms with Gasteiger partial charge in [-0.05, 0) is 17.7 Å². The molecular weight excluding hydrogens is 325 g/mol. The second kappa shape index (κ2) is 6.83. The SMILES string of the molecule is C#Cc1cccc(CNC(=O)N2C[C@@H](C(F)(F)F)[C@H](C(=O)O)C2)c1. The summed E-state index contributed by atoms with van der Waals surface area (Å²) in [5.74, 6) is -2.84. The van der Waals surface area contributed by atoms with Crippen LogP contribution in [0.1, 0.15) is 11.1 Å². The van der Waals surface area contributed by atoms with Crippen molar-refractivity contribution in [1.29, 1.82) is 0 Å². The number of hydrogen-bond donors (Lipinski definition) is 2. The highest BCUT2D eigenvalue weighted by Gasteiger charge is 2.53.